The Bertz CT molecular complexity index is 722. The Balaban J connectivity index is 2.42. The molecule has 18 heavy (non-hydrogen) atoms. The molecule has 1 atom stereocenters. The van der Waals surface area contributed by atoms with Crippen LogP contribution >= 0.6 is 0 Å². The van der Waals surface area contributed by atoms with E-state index in [1.54, 1.807) is 12.5 Å². The van der Waals surface area contributed by atoms with Crippen LogP contribution in [0.2, 0.25) is 0 Å². The van der Waals surface area contributed by atoms with E-state index in [2.05, 4.69) is 15.1 Å². The second kappa shape index (κ2) is 4.22. The van der Waals surface area contributed by atoms with E-state index >= 15 is 0 Å². The van der Waals surface area contributed by atoms with Crippen LogP contribution in [0.5, 0.6) is 0 Å². The number of rotatable bonds is 2. The van der Waals surface area contributed by atoms with Gasteiger partial charge in [0.15, 0.2) is 0 Å². The van der Waals surface area contributed by atoms with Crippen molar-refractivity contribution in [3.05, 3.63) is 24.5 Å². The molecule has 0 aliphatic rings. The minimum atomic E-state index is -1.18. The van der Waals surface area contributed by atoms with Crippen LogP contribution in [-0.4, -0.2) is 30.6 Å². The second-order valence-corrected chi connectivity index (χ2v) is 5.28. The summed E-state index contributed by atoms with van der Waals surface area (Å²) in [5, 5.41) is 6.65. The summed E-state index contributed by atoms with van der Waals surface area (Å²) in [5.41, 5.74) is 1.79. The van der Waals surface area contributed by atoms with Gasteiger partial charge in [-0.25, -0.2) is 0 Å². The molecule has 3 aromatic rings. The van der Waals surface area contributed by atoms with Gasteiger partial charge in [0.1, 0.15) is 11.8 Å². The fourth-order valence-electron chi connectivity index (χ4n) is 2.03. The van der Waals surface area contributed by atoms with E-state index in [0.29, 0.717) is 5.16 Å². The molecule has 0 N–H and O–H groups in total. The molecule has 1 unspecified atom stereocenters. The van der Waals surface area contributed by atoms with Crippen LogP contribution in [0.25, 0.3) is 21.8 Å². The zero-order valence-corrected chi connectivity index (χ0v) is 10.9. The van der Waals surface area contributed by atoms with E-state index in [1.165, 1.54) is 0 Å². The van der Waals surface area contributed by atoms with Crippen molar-refractivity contribution in [2.24, 2.45) is 0 Å². The highest BCUT2D eigenvalue weighted by Gasteiger charge is 2.13. The number of benzene rings is 1. The van der Waals surface area contributed by atoms with E-state index < -0.39 is 11.2 Å². The van der Waals surface area contributed by atoms with E-state index in [4.69, 9.17) is 0 Å². The summed E-state index contributed by atoms with van der Waals surface area (Å²) < 4.78 is 13.4. The van der Waals surface area contributed by atoms with E-state index in [-0.39, 0.29) is 0 Å². The van der Waals surface area contributed by atoms with Gasteiger partial charge in [0.05, 0.1) is 11.7 Å². The average Bonchev–Trinajstić information content (AvgIpc) is 2.81. The van der Waals surface area contributed by atoms with Crippen LogP contribution in [-0.2, 0) is 17.7 Å². The van der Waals surface area contributed by atoms with Gasteiger partial charge in [-0.1, -0.05) is 12.1 Å². The molecule has 92 valence electrons. The minimum absolute atomic E-state index is 0.360. The lowest BCUT2D eigenvalue weighted by Gasteiger charge is -2.05. The maximum atomic E-state index is 11.5. The van der Waals surface area contributed by atoms with Gasteiger partial charge in [0, 0.05) is 34.7 Å². The summed E-state index contributed by atoms with van der Waals surface area (Å²) in [4.78, 5) is 8.52. The first-order chi connectivity index (χ1) is 8.70. The normalized spacial score (nSPS) is 13.3. The van der Waals surface area contributed by atoms with E-state index in [0.717, 1.165) is 28.4 Å². The average molecular weight is 260 g/mol. The lowest BCUT2D eigenvalue weighted by Crippen LogP contribution is -2.05. The molecule has 3 rings (SSSR count). The first kappa shape index (κ1) is 11.4. The molecule has 0 bridgehead atoms. The summed E-state index contributed by atoms with van der Waals surface area (Å²) in [5.74, 6) is 0. The zero-order valence-electron chi connectivity index (χ0n) is 10.1. The Hall–Kier alpha value is -1.66. The van der Waals surface area contributed by atoms with Crippen molar-refractivity contribution in [1.82, 2.24) is 19.7 Å². The maximum Gasteiger partial charge on any atom is 0.343 e. The second-order valence-electron chi connectivity index (χ2n) is 4.01. The van der Waals surface area contributed by atoms with Gasteiger partial charge >= 0.3 is 5.16 Å². The van der Waals surface area contributed by atoms with Crippen LogP contribution in [0.3, 0.4) is 0 Å². The Morgan fingerprint density at radius 2 is 2.06 bits per heavy atom. The molecule has 6 heteroatoms. The molecule has 0 aliphatic heterocycles. The van der Waals surface area contributed by atoms with Crippen molar-refractivity contribution in [2.45, 2.75) is 18.6 Å². The number of aryl methyl sites for hydroxylation is 1. The summed E-state index contributed by atoms with van der Waals surface area (Å²) in [6, 6.07) is 3.96. The fraction of sp³-hybridized carbons (Fsp3) is 0.250. The highest BCUT2D eigenvalue weighted by molar-refractivity contribution is 7.90. The molecular formula is C12H12N4OS. The van der Waals surface area contributed by atoms with Gasteiger partial charge < -0.3 is 4.55 Å². The third-order valence-electron chi connectivity index (χ3n) is 2.89. The molecule has 1 aromatic carbocycles. The van der Waals surface area contributed by atoms with Crippen LogP contribution in [0.1, 0.15) is 6.92 Å². The molecule has 0 spiro atoms. The molecule has 2 heterocycles. The van der Waals surface area contributed by atoms with Crippen LogP contribution in [0.4, 0.5) is 0 Å². The van der Waals surface area contributed by atoms with Gasteiger partial charge in [-0.2, -0.15) is 15.1 Å². The molecule has 0 aliphatic carbocycles. The van der Waals surface area contributed by atoms with Crippen molar-refractivity contribution in [3.8, 4) is 0 Å². The molecule has 0 saturated heterocycles. The lowest BCUT2D eigenvalue weighted by atomic mass is 10.2. The standard InChI is InChI=1S/C12H12N4OS/c1-3-16-11-9(7-14-16)5-4-8-6-13-12(18(2)17)15-10(8)11/h4-7H,3H2,1-2H3. The molecule has 2 aromatic heterocycles. The summed E-state index contributed by atoms with van der Waals surface area (Å²) in [6.45, 7) is 2.81. The van der Waals surface area contributed by atoms with E-state index in [9.17, 15) is 4.55 Å². The van der Waals surface area contributed by atoms with E-state index in [1.807, 2.05) is 29.9 Å². The molecule has 0 amide bonds. The van der Waals surface area contributed by atoms with Gasteiger partial charge in [-0.15, -0.1) is 0 Å². The number of nitrogens with zero attached hydrogens (tertiary/aromatic N) is 4. The number of hydrogen-bond acceptors (Lipinski definition) is 4. The third-order valence-corrected chi connectivity index (χ3v) is 3.60. The quantitative estimate of drug-likeness (QED) is 0.520. The number of fused-ring (bicyclic) bond motifs is 3. The summed E-state index contributed by atoms with van der Waals surface area (Å²) in [6.07, 6.45) is 5.12. The van der Waals surface area contributed by atoms with Crippen molar-refractivity contribution >= 4 is 33.0 Å². The zero-order chi connectivity index (χ0) is 12.7. The third kappa shape index (κ3) is 1.65. The highest BCUT2D eigenvalue weighted by atomic mass is 32.2. The minimum Gasteiger partial charge on any atom is -0.609 e. The molecular weight excluding hydrogens is 248 g/mol. The van der Waals surface area contributed by atoms with Gasteiger partial charge in [0.25, 0.3) is 0 Å². The van der Waals surface area contributed by atoms with Gasteiger partial charge in [-0.3, -0.25) is 4.68 Å². The van der Waals surface area contributed by atoms with Crippen LogP contribution in [0, 0.1) is 0 Å². The molecule has 0 radical (unpaired) electrons. The van der Waals surface area contributed by atoms with Crippen LogP contribution in [0.15, 0.2) is 29.7 Å². The molecule has 0 saturated carbocycles. The van der Waals surface area contributed by atoms with Gasteiger partial charge in [0.2, 0.25) is 0 Å². The highest BCUT2D eigenvalue weighted by Crippen LogP contribution is 2.23. The first-order valence-electron chi connectivity index (χ1n) is 5.65. The summed E-state index contributed by atoms with van der Waals surface area (Å²) >= 11 is -1.18. The van der Waals surface area contributed by atoms with Crippen molar-refractivity contribution < 1.29 is 4.55 Å². The molecule has 0 fully saturated rings. The lowest BCUT2D eigenvalue weighted by molar-refractivity contribution is 0.593. The SMILES string of the molecule is CCn1ncc2ccc3cnc([S+](C)[O-])nc3c21. The summed E-state index contributed by atoms with van der Waals surface area (Å²) in [7, 11) is 0. The monoisotopic (exact) mass is 260 g/mol. The van der Waals surface area contributed by atoms with Crippen molar-refractivity contribution in [2.75, 3.05) is 6.26 Å². The van der Waals surface area contributed by atoms with Crippen molar-refractivity contribution in [3.63, 3.8) is 0 Å². The van der Waals surface area contributed by atoms with Gasteiger partial charge in [-0.05, 0) is 6.92 Å². The smallest absolute Gasteiger partial charge is 0.343 e. The number of hydrogen-bond donors (Lipinski definition) is 0. The number of aromatic nitrogens is 4. The van der Waals surface area contributed by atoms with Crippen LogP contribution < -0.4 is 0 Å². The topological polar surface area (TPSA) is 66.7 Å². The molecule has 5 nitrogen and oxygen atoms in total. The largest absolute Gasteiger partial charge is 0.609 e. The fourth-order valence-corrected chi connectivity index (χ4v) is 2.45. The predicted octanol–water partition coefficient (Wildman–Crippen LogP) is 1.74. The van der Waals surface area contributed by atoms with Crippen molar-refractivity contribution in [1.29, 1.82) is 0 Å². The first-order valence-corrected chi connectivity index (χ1v) is 7.21. The Morgan fingerprint density at radius 3 is 2.78 bits per heavy atom. The Morgan fingerprint density at radius 1 is 1.28 bits per heavy atom. The predicted molar refractivity (Wildman–Crippen MR) is 70.8 cm³/mol. The Labute approximate surface area is 107 Å². The Kier molecular flexibility index (Phi) is 2.68. The maximum absolute atomic E-state index is 11.5.